The van der Waals surface area contributed by atoms with Crippen molar-refractivity contribution in [2.75, 3.05) is 26.2 Å². The van der Waals surface area contributed by atoms with Gasteiger partial charge in [0.1, 0.15) is 11.6 Å². The summed E-state index contributed by atoms with van der Waals surface area (Å²) in [6.45, 7) is 3.48. The maximum absolute atomic E-state index is 13.5. The molecule has 0 radical (unpaired) electrons. The fraction of sp³-hybridized carbons (Fsp3) is 0.600. The molecule has 1 aromatic rings. The third kappa shape index (κ3) is 3.34. The Hall–Kier alpha value is -1.04. The molecule has 1 aliphatic carbocycles. The molecular weight excluding hydrogens is 262 g/mol. The van der Waals surface area contributed by atoms with Crippen molar-refractivity contribution >= 4 is 0 Å². The van der Waals surface area contributed by atoms with Gasteiger partial charge in [0, 0.05) is 37.8 Å². The quantitative estimate of drug-likeness (QED) is 0.893. The van der Waals surface area contributed by atoms with Crippen LogP contribution < -0.4 is 5.32 Å². The van der Waals surface area contributed by atoms with Crippen LogP contribution in [0.1, 0.15) is 18.4 Å². The fourth-order valence-corrected chi connectivity index (χ4v) is 2.70. The van der Waals surface area contributed by atoms with E-state index >= 15 is 0 Å². The summed E-state index contributed by atoms with van der Waals surface area (Å²) in [5, 5.41) is 3.10. The van der Waals surface area contributed by atoms with E-state index in [0.717, 1.165) is 25.7 Å². The van der Waals surface area contributed by atoms with E-state index in [4.69, 9.17) is 4.74 Å². The summed E-state index contributed by atoms with van der Waals surface area (Å²) in [5.74, 6) is -0.997. The van der Waals surface area contributed by atoms with Gasteiger partial charge in [-0.1, -0.05) is 6.07 Å². The summed E-state index contributed by atoms with van der Waals surface area (Å²) in [6.07, 6.45) is 2.69. The first kappa shape index (κ1) is 13.9. The number of benzene rings is 1. The van der Waals surface area contributed by atoms with Crippen LogP contribution >= 0.6 is 0 Å². The Balaban J connectivity index is 1.47. The monoisotopic (exact) mass is 282 g/mol. The molecule has 1 heterocycles. The molecule has 1 atom stereocenters. The molecule has 0 bridgehead atoms. The molecule has 5 heteroatoms. The average molecular weight is 282 g/mol. The lowest BCUT2D eigenvalue weighted by Gasteiger charge is -2.33. The molecule has 3 rings (SSSR count). The second-order valence-corrected chi connectivity index (χ2v) is 5.55. The first-order valence-corrected chi connectivity index (χ1v) is 7.23. The fourth-order valence-electron chi connectivity index (χ4n) is 2.70. The molecule has 1 aliphatic heterocycles. The molecule has 2 aliphatic rings. The Bertz CT molecular complexity index is 445. The zero-order chi connectivity index (χ0) is 13.9. The van der Waals surface area contributed by atoms with Crippen LogP contribution in [-0.2, 0) is 11.3 Å². The Morgan fingerprint density at radius 1 is 1.25 bits per heavy atom. The number of hydrogen-bond donors (Lipinski definition) is 1. The lowest BCUT2D eigenvalue weighted by molar-refractivity contribution is -0.0302. The van der Waals surface area contributed by atoms with Crippen molar-refractivity contribution in [3.05, 3.63) is 35.4 Å². The minimum Gasteiger partial charge on any atom is -0.374 e. The summed E-state index contributed by atoms with van der Waals surface area (Å²) in [7, 11) is 0. The summed E-state index contributed by atoms with van der Waals surface area (Å²) in [6, 6.07) is 4.69. The van der Waals surface area contributed by atoms with Crippen molar-refractivity contribution in [3.63, 3.8) is 0 Å². The van der Waals surface area contributed by atoms with E-state index in [2.05, 4.69) is 10.2 Å². The third-order valence-electron chi connectivity index (χ3n) is 3.97. The lowest BCUT2D eigenvalue weighted by Crippen LogP contribution is -2.47. The molecular formula is C15H20F2N2O. The number of hydrogen-bond acceptors (Lipinski definition) is 3. The van der Waals surface area contributed by atoms with E-state index in [-0.39, 0.29) is 18.2 Å². The summed E-state index contributed by atoms with van der Waals surface area (Å²) < 4.78 is 32.6. The highest BCUT2D eigenvalue weighted by atomic mass is 19.1. The van der Waals surface area contributed by atoms with Crippen LogP contribution in [0.15, 0.2) is 18.2 Å². The molecule has 0 aromatic heterocycles. The molecule has 1 aromatic carbocycles. The zero-order valence-electron chi connectivity index (χ0n) is 11.4. The van der Waals surface area contributed by atoms with Crippen molar-refractivity contribution in [2.24, 2.45) is 0 Å². The maximum atomic E-state index is 13.5. The lowest BCUT2D eigenvalue weighted by atomic mass is 10.2. The molecule has 2 fully saturated rings. The van der Waals surface area contributed by atoms with Gasteiger partial charge in [0.25, 0.3) is 0 Å². The van der Waals surface area contributed by atoms with Gasteiger partial charge in [-0.3, -0.25) is 4.90 Å². The molecule has 20 heavy (non-hydrogen) atoms. The van der Waals surface area contributed by atoms with Gasteiger partial charge >= 0.3 is 0 Å². The highest BCUT2D eigenvalue weighted by molar-refractivity contribution is 5.19. The Morgan fingerprint density at radius 2 is 2.00 bits per heavy atom. The normalized spacial score (nSPS) is 24.0. The topological polar surface area (TPSA) is 24.5 Å². The molecule has 1 saturated carbocycles. The second kappa shape index (κ2) is 6.16. The Morgan fingerprint density at radius 3 is 2.70 bits per heavy atom. The van der Waals surface area contributed by atoms with E-state index in [9.17, 15) is 8.78 Å². The van der Waals surface area contributed by atoms with Gasteiger partial charge in [0.2, 0.25) is 0 Å². The van der Waals surface area contributed by atoms with Crippen LogP contribution in [0, 0.1) is 11.6 Å². The first-order valence-electron chi connectivity index (χ1n) is 7.23. The van der Waals surface area contributed by atoms with E-state index in [1.807, 2.05) is 0 Å². The molecule has 0 unspecified atom stereocenters. The minimum atomic E-state index is -0.498. The van der Waals surface area contributed by atoms with Gasteiger partial charge in [-0.2, -0.15) is 0 Å². The van der Waals surface area contributed by atoms with E-state index < -0.39 is 11.6 Å². The van der Waals surface area contributed by atoms with Crippen molar-refractivity contribution < 1.29 is 13.5 Å². The van der Waals surface area contributed by atoms with Crippen LogP contribution in [0.2, 0.25) is 0 Å². The van der Waals surface area contributed by atoms with E-state index in [0.29, 0.717) is 6.54 Å². The zero-order valence-corrected chi connectivity index (χ0v) is 11.4. The van der Waals surface area contributed by atoms with Crippen molar-refractivity contribution in [2.45, 2.75) is 31.5 Å². The SMILES string of the molecule is Fc1cccc(F)c1CNC[C@H]1CN(C2CC2)CCO1. The maximum Gasteiger partial charge on any atom is 0.130 e. The number of halogens is 2. The van der Waals surface area contributed by atoms with Crippen molar-refractivity contribution in [1.82, 2.24) is 10.2 Å². The number of morpholine rings is 1. The minimum absolute atomic E-state index is 0.0994. The van der Waals surface area contributed by atoms with Gasteiger partial charge in [0.15, 0.2) is 0 Å². The number of nitrogens with zero attached hydrogens (tertiary/aromatic N) is 1. The largest absolute Gasteiger partial charge is 0.374 e. The van der Waals surface area contributed by atoms with Gasteiger partial charge in [-0.05, 0) is 25.0 Å². The highest BCUT2D eigenvalue weighted by Gasteiger charge is 2.32. The molecule has 1 N–H and O–H groups in total. The molecule has 3 nitrogen and oxygen atoms in total. The Kier molecular flexibility index (Phi) is 4.29. The molecule has 1 saturated heterocycles. The van der Waals surface area contributed by atoms with E-state index in [1.54, 1.807) is 0 Å². The standard InChI is InChI=1S/C15H20F2N2O/c16-14-2-1-3-15(17)13(14)9-18-8-12-10-19(6-7-20-12)11-4-5-11/h1-3,11-12,18H,4-10H2/t12-/m0/s1. The smallest absolute Gasteiger partial charge is 0.130 e. The summed E-state index contributed by atoms with van der Waals surface area (Å²) >= 11 is 0. The van der Waals surface area contributed by atoms with Gasteiger partial charge in [-0.15, -0.1) is 0 Å². The van der Waals surface area contributed by atoms with Crippen molar-refractivity contribution in [3.8, 4) is 0 Å². The van der Waals surface area contributed by atoms with Crippen LogP contribution in [0.3, 0.4) is 0 Å². The third-order valence-corrected chi connectivity index (χ3v) is 3.97. The second-order valence-electron chi connectivity index (χ2n) is 5.55. The number of rotatable bonds is 5. The van der Waals surface area contributed by atoms with Crippen LogP contribution in [0.25, 0.3) is 0 Å². The highest BCUT2D eigenvalue weighted by Crippen LogP contribution is 2.28. The predicted molar refractivity (Wildman–Crippen MR) is 72.4 cm³/mol. The van der Waals surface area contributed by atoms with Crippen LogP contribution in [-0.4, -0.2) is 43.3 Å². The molecule has 110 valence electrons. The van der Waals surface area contributed by atoms with Gasteiger partial charge in [-0.25, -0.2) is 8.78 Å². The summed E-state index contributed by atoms with van der Waals surface area (Å²) in [5.41, 5.74) is 0.0994. The Labute approximate surface area is 117 Å². The predicted octanol–water partition coefficient (Wildman–Crippen LogP) is 1.92. The van der Waals surface area contributed by atoms with Crippen LogP contribution in [0.5, 0.6) is 0 Å². The average Bonchev–Trinajstić information content (AvgIpc) is 3.27. The van der Waals surface area contributed by atoms with E-state index in [1.165, 1.54) is 31.0 Å². The first-order chi connectivity index (χ1) is 9.74. The molecule has 0 amide bonds. The van der Waals surface area contributed by atoms with Crippen LogP contribution in [0.4, 0.5) is 8.78 Å². The molecule has 0 spiro atoms. The van der Waals surface area contributed by atoms with Gasteiger partial charge in [0.05, 0.1) is 12.7 Å². The number of nitrogens with one attached hydrogen (secondary N) is 1. The van der Waals surface area contributed by atoms with Gasteiger partial charge < -0.3 is 10.1 Å². The number of ether oxygens (including phenoxy) is 1. The summed E-state index contributed by atoms with van der Waals surface area (Å²) in [4.78, 5) is 2.46. The van der Waals surface area contributed by atoms with Crippen molar-refractivity contribution in [1.29, 1.82) is 0 Å².